The van der Waals surface area contributed by atoms with Crippen LogP contribution in [-0.2, 0) is 0 Å². The Morgan fingerprint density at radius 3 is 2.21 bits per heavy atom. The molecule has 5 nitrogen and oxygen atoms in total. The highest BCUT2D eigenvalue weighted by molar-refractivity contribution is 9.10. The van der Waals surface area contributed by atoms with Gasteiger partial charge in [0, 0.05) is 11.9 Å². The van der Waals surface area contributed by atoms with Crippen LogP contribution in [0, 0.1) is 0 Å². The molecule has 0 radical (unpaired) electrons. The maximum absolute atomic E-state index is 11.9. The Hall–Kier alpha value is -2.21. The van der Waals surface area contributed by atoms with Crippen LogP contribution in [0.4, 0.5) is 5.69 Å². The van der Waals surface area contributed by atoms with Crippen LogP contribution in [0.5, 0.6) is 0 Å². The van der Waals surface area contributed by atoms with Gasteiger partial charge in [0.15, 0.2) is 0 Å². The fourth-order valence-corrected chi connectivity index (χ4v) is 1.64. The fraction of sp³-hybridized carbons (Fsp3) is 0. The standard InChI is InChI=1S/C13H9BrN2O3/c14-11-6-3-9(7-15-11)12(17)16-10-4-1-8(2-5-10)13(18)19/h1-7H,(H,16,17)(H,18,19). The van der Waals surface area contributed by atoms with E-state index in [1.165, 1.54) is 30.5 Å². The van der Waals surface area contributed by atoms with Crippen molar-refractivity contribution in [3.63, 3.8) is 0 Å². The molecule has 1 amide bonds. The van der Waals surface area contributed by atoms with Gasteiger partial charge in [-0.1, -0.05) is 0 Å². The highest BCUT2D eigenvalue weighted by Crippen LogP contribution is 2.12. The molecule has 0 atom stereocenters. The van der Waals surface area contributed by atoms with Crippen LogP contribution in [0.1, 0.15) is 20.7 Å². The number of nitrogens with one attached hydrogen (secondary N) is 1. The van der Waals surface area contributed by atoms with Gasteiger partial charge in [-0.15, -0.1) is 0 Å². The number of carbonyl (C=O) groups excluding carboxylic acids is 1. The zero-order chi connectivity index (χ0) is 13.8. The minimum absolute atomic E-state index is 0.170. The number of rotatable bonds is 3. The first-order valence-corrected chi connectivity index (χ1v) is 6.12. The number of amides is 1. The minimum atomic E-state index is -1.00. The fourth-order valence-electron chi connectivity index (χ4n) is 1.41. The third-order valence-corrected chi connectivity index (χ3v) is 2.85. The summed E-state index contributed by atoms with van der Waals surface area (Å²) < 4.78 is 0.648. The Labute approximate surface area is 117 Å². The summed E-state index contributed by atoms with van der Waals surface area (Å²) in [5, 5.41) is 11.4. The molecule has 0 aliphatic rings. The van der Waals surface area contributed by atoms with E-state index >= 15 is 0 Å². The smallest absolute Gasteiger partial charge is 0.335 e. The molecular formula is C13H9BrN2O3. The van der Waals surface area contributed by atoms with Gasteiger partial charge in [0.05, 0.1) is 11.1 Å². The molecule has 6 heteroatoms. The number of hydrogen-bond donors (Lipinski definition) is 2. The van der Waals surface area contributed by atoms with E-state index in [4.69, 9.17) is 5.11 Å². The first-order chi connectivity index (χ1) is 9.06. The predicted octanol–water partition coefficient (Wildman–Crippen LogP) is 2.79. The van der Waals surface area contributed by atoms with Crippen LogP contribution < -0.4 is 5.32 Å². The average Bonchev–Trinajstić information content (AvgIpc) is 2.40. The number of hydrogen-bond acceptors (Lipinski definition) is 3. The Kier molecular flexibility index (Phi) is 3.91. The summed E-state index contributed by atoms with van der Waals surface area (Å²) in [6.45, 7) is 0. The lowest BCUT2D eigenvalue weighted by Gasteiger charge is -2.05. The van der Waals surface area contributed by atoms with E-state index in [2.05, 4.69) is 26.2 Å². The second-order valence-corrected chi connectivity index (χ2v) is 4.52. The van der Waals surface area contributed by atoms with Crippen molar-refractivity contribution >= 4 is 33.5 Å². The number of aromatic carboxylic acids is 1. The number of carboxylic acid groups (broad SMARTS) is 1. The summed E-state index contributed by atoms with van der Waals surface area (Å²) in [6, 6.07) is 9.23. The second-order valence-electron chi connectivity index (χ2n) is 3.71. The number of carboxylic acids is 1. The Balaban J connectivity index is 2.10. The molecule has 2 aromatic rings. The van der Waals surface area contributed by atoms with Crippen molar-refractivity contribution < 1.29 is 14.7 Å². The number of halogens is 1. The molecule has 0 fully saturated rings. The number of benzene rings is 1. The number of aromatic nitrogens is 1. The molecule has 0 saturated carbocycles. The summed E-state index contributed by atoms with van der Waals surface area (Å²) in [7, 11) is 0. The van der Waals surface area contributed by atoms with Crippen LogP contribution in [0.2, 0.25) is 0 Å². The average molecular weight is 321 g/mol. The largest absolute Gasteiger partial charge is 0.478 e. The van der Waals surface area contributed by atoms with Crippen LogP contribution in [0.3, 0.4) is 0 Å². The lowest BCUT2D eigenvalue weighted by molar-refractivity contribution is 0.0696. The van der Waals surface area contributed by atoms with E-state index in [-0.39, 0.29) is 11.5 Å². The van der Waals surface area contributed by atoms with Gasteiger partial charge in [-0.05, 0) is 52.3 Å². The van der Waals surface area contributed by atoms with Gasteiger partial charge in [0.1, 0.15) is 4.60 Å². The summed E-state index contributed by atoms with van der Waals surface area (Å²) in [6.07, 6.45) is 1.45. The van der Waals surface area contributed by atoms with Gasteiger partial charge in [-0.3, -0.25) is 4.79 Å². The van der Waals surface area contributed by atoms with Gasteiger partial charge in [0.25, 0.3) is 5.91 Å². The summed E-state index contributed by atoms with van der Waals surface area (Å²) >= 11 is 3.18. The molecule has 0 aliphatic carbocycles. The Morgan fingerprint density at radius 2 is 1.68 bits per heavy atom. The van der Waals surface area contributed by atoms with E-state index in [9.17, 15) is 9.59 Å². The first kappa shape index (κ1) is 13.2. The quantitative estimate of drug-likeness (QED) is 0.852. The number of pyridine rings is 1. The van der Waals surface area contributed by atoms with Crippen LogP contribution in [0.15, 0.2) is 47.2 Å². The third-order valence-electron chi connectivity index (χ3n) is 2.38. The van der Waals surface area contributed by atoms with Gasteiger partial charge in [0.2, 0.25) is 0 Å². The number of carbonyl (C=O) groups is 2. The molecule has 0 bridgehead atoms. The van der Waals surface area contributed by atoms with E-state index in [1.54, 1.807) is 12.1 Å². The lowest BCUT2D eigenvalue weighted by Crippen LogP contribution is -2.12. The molecule has 1 aromatic heterocycles. The van der Waals surface area contributed by atoms with Crippen molar-refractivity contribution in [2.75, 3.05) is 5.32 Å². The third kappa shape index (κ3) is 3.38. The maximum Gasteiger partial charge on any atom is 0.335 e. The van der Waals surface area contributed by atoms with Crippen molar-refractivity contribution in [2.24, 2.45) is 0 Å². The van der Waals surface area contributed by atoms with Crippen molar-refractivity contribution in [3.05, 3.63) is 58.3 Å². The van der Waals surface area contributed by atoms with Gasteiger partial charge in [-0.2, -0.15) is 0 Å². The second kappa shape index (κ2) is 5.62. The highest BCUT2D eigenvalue weighted by atomic mass is 79.9. The topological polar surface area (TPSA) is 79.3 Å². The molecule has 2 rings (SSSR count). The number of nitrogens with zero attached hydrogens (tertiary/aromatic N) is 1. The molecular weight excluding hydrogens is 312 g/mol. The molecule has 0 aliphatic heterocycles. The molecule has 96 valence electrons. The van der Waals surface area contributed by atoms with Gasteiger partial charge in [-0.25, -0.2) is 9.78 Å². The predicted molar refractivity (Wildman–Crippen MR) is 73.3 cm³/mol. The minimum Gasteiger partial charge on any atom is -0.478 e. The zero-order valence-electron chi connectivity index (χ0n) is 9.63. The van der Waals surface area contributed by atoms with Gasteiger partial charge < -0.3 is 10.4 Å². The maximum atomic E-state index is 11.9. The number of anilines is 1. The molecule has 0 spiro atoms. The van der Waals surface area contributed by atoms with E-state index < -0.39 is 5.97 Å². The normalized spacial score (nSPS) is 9.95. The van der Waals surface area contributed by atoms with Crippen molar-refractivity contribution in [1.29, 1.82) is 0 Å². The first-order valence-electron chi connectivity index (χ1n) is 5.32. The monoisotopic (exact) mass is 320 g/mol. The summed E-state index contributed by atoms with van der Waals surface area (Å²) in [5.41, 5.74) is 1.12. The molecule has 0 unspecified atom stereocenters. The molecule has 2 N–H and O–H groups in total. The SMILES string of the molecule is O=C(O)c1ccc(NC(=O)c2ccc(Br)nc2)cc1. The Bertz CT molecular complexity index is 609. The van der Waals surface area contributed by atoms with E-state index in [0.717, 1.165) is 0 Å². The molecule has 0 saturated heterocycles. The Morgan fingerprint density at radius 1 is 1.05 bits per heavy atom. The van der Waals surface area contributed by atoms with Crippen LogP contribution in [0.25, 0.3) is 0 Å². The molecule has 19 heavy (non-hydrogen) atoms. The van der Waals surface area contributed by atoms with Crippen molar-refractivity contribution in [3.8, 4) is 0 Å². The van der Waals surface area contributed by atoms with Gasteiger partial charge >= 0.3 is 5.97 Å². The highest BCUT2D eigenvalue weighted by Gasteiger charge is 2.07. The van der Waals surface area contributed by atoms with Crippen molar-refractivity contribution in [1.82, 2.24) is 4.98 Å². The van der Waals surface area contributed by atoms with Crippen LogP contribution in [-0.4, -0.2) is 22.0 Å². The summed E-state index contributed by atoms with van der Waals surface area (Å²) in [4.78, 5) is 26.5. The molecule has 1 heterocycles. The van der Waals surface area contributed by atoms with Crippen molar-refractivity contribution in [2.45, 2.75) is 0 Å². The lowest BCUT2D eigenvalue weighted by atomic mass is 10.2. The van der Waals surface area contributed by atoms with E-state index in [0.29, 0.717) is 15.9 Å². The summed E-state index contributed by atoms with van der Waals surface area (Å²) in [5.74, 6) is -1.31. The zero-order valence-corrected chi connectivity index (χ0v) is 11.2. The van der Waals surface area contributed by atoms with Crippen LogP contribution >= 0.6 is 15.9 Å². The van der Waals surface area contributed by atoms with E-state index in [1.807, 2.05) is 0 Å². The molecule has 1 aromatic carbocycles.